The molecule has 0 aromatic carbocycles. The molecule has 0 unspecified atom stereocenters. The van der Waals surface area contributed by atoms with Crippen LogP contribution >= 0.6 is 11.6 Å². The SMILES string of the molecule is CC(=O)N1[C@H](C)CN(c2nc(-c3c[nH]c4ncc(Cl)cc34)ccc2C(N)=O)C[C@@H]1C. The molecule has 3 aromatic heterocycles. The van der Waals surface area contributed by atoms with Gasteiger partial charge in [-0.3, -0.25) is 9.59 Å². The second-order valence-corrected chi connectivity index (χ2v) is 8.15. The minimum atomic E-state index is -0.540. The number of primary amides is 1. The Labute approximate surface area is 179 Å². The average molecular weight is 427 g/mol. The second kappa shape index (κ2) is 7.60. The number of fused-ring (bicyclic) bond motifs is 1. The van der Waals surface area contributed by atoms with Crippen molar-refractivity contribution in [1.82, 2.24) is 19.9 Å². The van der Waals surface area contributed by atoms with E-state index in [1.54, 1.807) is 25.3 Å². The molecule has 1 saturated heterocycles. The number of halogens is 1. The fourth-order valence-electron chi connectivity index (χ4n) is 4.34. The first-order valence-corrected chi connectivity index (χ1v) is 10.1. The van der Waals surface area contributed by atoms with Gasteiger partial charge in [-0.2, -0.15) is 0 Å². The number of carbonyl (C=O) groups is 2. The van der Waals surface area contributed by atoms with Crippen LogP contribution in [0.25, 0.3) is 22.3 Å². The van der Waals surface area contributed by atoms with Crippen LogP contribution in [-0.4, -0.2) is 56.8 Å². The molecule has 0 saturated carbocycles. The molecule has 4 rings (SSSR count). The van der Waals surface area contributed by atoms with Crippen molar-refractivity contribution < 1.29 is 9.59 Å². The van der Waals surface area contributed by atoms with E-state index in [-0.39, 0.29) is 18.0 Å². The number of aromatic nitrogens is 3. The largest absolute Gasteiger partial charge is 0.365 e. The highest BCUT2D eigenvalue weighted by molar-refractivity contribution is 6.31. The summed E-state index contributed by atoms with van der Waals surface area (Å²) in [5, 5.41) is 1.37. The number of nitrogens with one attached hydrogen (secondary N) is 1. The zero-order valence-corrected chi connectivity index (χ0v) is 17.8. The first kappa shape index (κ1) is 20.2. The Hall–Kier alpha value is -3.13. The lowest BCUT2D eigenvalue weighted by Gasteiger charge is -2.44. The predicted octanol–water partition coefficient (Wildman–Crippen LogP) is 2.82. The van der Waals surface area contributed by atoms with E-state index in [4.69, 9.17) is 22.3 Å². The summed E-state index contributed by atoms with van der Waals surface area (Å²) in [7, 11) is 0. The molecule has 3 aromatic rings. The molecule has 30 heavy (non-hydrogen) atoms. The predicted molar refractivity (Wildman–Crippen MR) is 117 cm³/mol. The van der Waals surface area contributed by atoms with Crippen LogP contribution in [0.5, 0.6) is 0 Å². The fourth-order valence-corrected chi connectivity index (χ4v) is 4.50. The Bertz CT molecular complexity index is 1130. The number of nitrogens with two attached hydrogens (primary N) is 1. The molecule has 0 bridgehead atoms. The van der Waals surface area contributed by atoms with Gasteiger partial charge in [-0.05, 0) is 32.0 Å². The third-order valence-corrected chi connectivity index (χ3v) is 5.70. The summed E-state index contributed by atoms with van der Waals surface area (Å²) in [6, 6.07) is 5.26. The molecule has 0 radical (unpaired) electrons. The van der Waals surface area contributed by atoms with Gasteiger partial charge < -0.3 is 20.5 Å². The Kier molecular flexibility index (Phi) is 5.11. The number of nitrogens with zero attached hydrogens (tertiary/aromatic N) is 4. The van der Waals surface area contributed by atoms with Gasteiger partial charge in [0.15, 0.2) is 0 Å². The maximum Gasteiger partial charge on any atom is 0.252 e. The van der Waals surface area contributed by atoms with Gasteiger partial charge in [0.1, 0.15) is 11.5 Å². The van der Waals surface area contributed by atoms with Crippen LogP contribution in [0.15, 0.2) is 30.6 Å². The summed E-state index contributed by atoms with van der Waals surface area (Å²) in [5.41, 5.74) is 8.21. The average Bonchev–Trinajstić information content (AvgIpc) is 3.09. The van der Waals surface area contributed by atoms with Crippen LogP contribution in [0.4, 0.5) is 5.82 Å². The Morgan fingerprint density at radius 1 is 1.23 bits per heavy atom. The van der Waals surface area contributed by atoms with Gasteiger partial charge >= 0.3 is 0 Å². The van der Waals surface area contributed by atoms with Gasteiger partial charge in [0, 0.05) is 55.4 Å². The van der Waals surface area contributed by atoms with Gasteiger partial charge in [0.2, 0.25) is 5.91 Å². The number of rotatable bonds is 3. The van der Waals surface area contributed by atoms with Crippen LogP contribution < -0.4 is 10.6 Å². The van der Waals surface area contributed by atoms with Crippen molar-refractivity contribution in [3.8, 4) is 11.3 Å². The van der Waals surface area contributed by atoms with Gasteiger partial charge in [-0.1, -0.05) is 11.6 Å². The van der Waals surface area contributed by atoms with Crippen molar-refractivity contribution in [2.75, 3.05) is 18.0 Å². The summed E-state index contributed by atoms with van der Waals surface area (Å²) >= 11 is 6.13. The lowest BCUT2D eigenvalue weighted by Crippen LogP contribution is -2.58. The van der Waals surface area contributed by atoms with E-state index in [0.717, 1.165) is 10.9 Å². The van der Waals surface area contributed by atoms with Crippen LogP contribution in [-0.2, 0) is 4.79 Å². The zero-order chi connectivity index (χ0) is 21.6. The molecule has 156 valence electrons. The van der Waals surface area contributed by atoms with E-state index in [2.05, 4.69) is 9.97 Å². The number of aromatic amines is 1. The van der Waals surface area contributed by atoms with Crippen LogP contribution in [0.1, 0.15) is 31.1 Å². The van der Waals surface area contributed by atoms with Gasteiger partial charge in [0.05, 0.1) is 16.3 Å². The maximum atomic E-state index is 12.1. The van der Waals surface area contributed by atoms with Crippen molar-refractivity contribution in [3.05, 3.63) is 41.2 Å². The highest BCUT2D eigenvalue weighted by atomic mass is 35.5. The van der Waals surface area contributed by atoms with E-state index in [0.29, 0.717) is 40.8 Å². The van der Waals surface area contributed by atoms with Crippen molar-refractivity contribution in [1.29, 1.82) is 0 Å². The third-order valence-electron chi connectivity index (χ3n) is 5.50. The number of H-pyrrole nitrogens is 1. The monoisotopic (exact) mass is 426 g/mol. The number of piperazine rings is 1. The number of amides is 2. The number of hydrogen-bond donors (Lipinski definition) is 2. The minimum Gasteiger partial charge on any atom is -0.365 e. The van der Waals surface area contributed by atoms with E-state index >= 15 is 0 Å². The van der Waals surface area contributed by atoms with Crippen molar-refractivity contribution in [3.63, 3.8) is 0 Å². The lowest BCUT2D eigenvalue weighted by molar-refractivity contribution is -0.133. The van der Waals surface area contributed by atoms with E-state index in [9.17, 15) is 9.59 Å². The smallest absolute Gasteiger partial charge is 0.252 e. The summed E-state index contributed by atoms with van der Waals surface area (Å²) in [6.45, 7) is 6.67. The minimum absolute atomic E-state index is 0.0199. The van der Waals surface area contributed by atoms with Crippen LogP contribution in [0.3, 0.4) is 0 Å². The Morgan fingerprint density at radius 3 is 2.57 bits per heavy atom. The number of carbonyl (C=O) groups excluding carboxylic acids is 2. The standard InChI is InChI=1S/C21H23ClN6O2/c1-11-9-27(10-12(2)28(11)13(3)29)21-15(19(23)30)4-5-18(26-21)17-8-25-20-16(17)6-14(22)7-24-20/h4-8,11-12H,9-10H2,1-3H3,(H2,23,30)(H,24,25)/t11-,12+. The molecule has 1 aliphatic rings. The Morgan fingerprint density at radius 2 is 1.93 bits per heavy atom. The molecule has 1 fully saturated rings. The molecule has 2 amide bonds. The topological polar surface area (TPSA) is 108 Å². The summed E-state index contributed by atoms with van der Waals surface area (Å²) in [6.07, 6.45) is 3.40. The molecule has 0 spiro atoms. The molecule has 1 aliphatic heterocycles. The molecule has 8 nitrogen and oxygen atoms in total. The van der Waals surface area contributed by atoms with Crippen LogP contribution in [0.2, 0.25) is 5.02 Å². The molecule has 0 aliphatic carbocycles. The summed E-state index contributed by atoms with van der Waals surface area (Å²) in [4.78, 5) is 40.2. The quantitative estimate of drug-likeness (QED) is 0.669. The number of hydrogen-bond acceptors (Lipinski definition) is 5. The zero-order valence-electron chi connectivity index (χ0n) is 17.0. The molecule has 3 N–H and O–H groups in total. The molecule has 4 heterocycles. The van der Waals surface area contributed by atoms with Gasteiger partial charge in [0.25, 0.3) is 5.91 Å². The number of pyridine rings is 2. The highest BCUT2D eigenvalue weighted by Crippen LogP contribution is 2.32. The number of anilines is 1. The first-order chi connectivity index (χ1) is 14.3. The summed E-state index contributed by atoms with van der Waals surface area (Å²) in [5.74, 6) is 0.0166. The van der Waals surface area contributed by atoms with E-state index in [1.807, 2.05) is 35.9 Å². The first-order valence-electron chi connectivity index (χ1n) is 9.74. The van der Waals surface area contributed by atoms with E-state index in [1.165, 1.54) is 0 Å². The molecular weight excluding hydrogens is 404 g/mol. The van der Waals surface area contributed by atoms with Crippen molar-refractivity contribution in [2.24, 2.45) is 5.73 Å². The summed E-state index contributed by atoms with van der Waals surface area (Å²) < 4.78 is 0. The van der Waals surface area contributed by atoms with E-state index < -0.39 is 5.91 Å². The molecule has 2 atom stereocenters. The Balaban J connectivity index is 1.78. The van der Waals surface area contributed by atoms with Gasteiger partial charge in [-0.15, -0.1) is 0 Å². The maximum absolute atomic E-state index is 12.1. The van der Waals surface area contributed by atoms with Crippen molar-refractivity contribution >= 4 is 40.3 Å². The van der Waals surface area contributed by atoms with Gasteiger partial charge in [-0.25, -0.2) is 9.97 Å². The molecular formula is C21H23ClN6O2. The second-order valence-electron chi connectivity index (χ2n) is 7.71. The third kappa shape index (κ3) is 3.47. The fraction of sp³-hybridized carbons (Fsp3) is 0.333. The molecule has 9 heteroatoms. The normalized spacial score (nSPS) is 19.3. The van der Waals surface area contributed by atoms with Crippen molar-refractivity contribution in [2.45, 2.75) is 32.9 Å². The lowest BCUT2D eigenvalue weighted by atomic mass is 10.1. The van der Waals surface area contributed by atoms with Crippen LogP contribution in [0, 0.1) is 0 Å². The highest BCUT2D eigenvalue weighted by Gasteiger charge is 2.33.